The van der Waals surface area contributed by atoms with E-state index in [0.29, 0.717) is 22.3 Å². The van der Waals surface area contributed by atoms with Crippen molar-refractivity contribution in [3.8, 4) is 0 Å². The van der Waals surface area contributed by atoms with Gasteiger partial charge < -0.3 is 5.32 Å². The van der Waals surface area contributed by atoms with Crippen molar-refractivity contribution in [2.75, 3.05) is 0 Å². The number of aromatic amines is 1. The topological polar surface area (TPSA) is 116 Å². The van der Waals surface area contributed by atoms with E-state index in [2.05, 4.69) is 39.9 Å². The SMILES string of the molecule is CC(C)c1ccc(/C=N/NC(=O)C(NC(=O)c2ccccc2)c2n[nH]c(=O)c3ccccc23)cc1. The van der Waals surface area contributed by atoms with Crippen molar-refractivity contribution in [2.45, 2.75) is 25.8 Å². The summed E-state index contributed by atoms with van der Waals surface area (Å²) in [6, 6.07) is 21.9. The highest BCUT2D eigenvalue weighted by Crippen LogP contribution is 2.20. The van der Waals surface area contributed by atoms with E-state index in [4.69, 9.17) is 0 Å². The summed E-state index contributed by atoms with van der Waals surface area (Å²) in [7, 11) is 0. The van der Waals surface area contributed by atoms with Crippen molar-refractivity contribution in [1.82, 2.24) is 20.9 Å². The molecule has 0 saturated heterocycles. The van der Waals surface area contributed by atoms with Crippen LogP contribution in [0.15, 0.2) is 88.8 Å². The molecule has 3 aromatic carbocycles. The molecule has 35 heavy (non-hydrogen) atoms. The summed E-state index contributed by atoms with van der Waals surface area (Å²) < 4.78 is 0. The molecule has 2 amide bonds. The van der Waals surface area contributed by atoms with Crippen LogP contribution in [-0.2, 0) is 4.79 Å². The lowest BCUT2D eigenvalue weighted by Crippen LogP contribution is -2.40. The minimum Gasteiger partial charge on any atom is -0.335 e. The molecule has 0 bridgehead atoms. The molecule has 1 atom stereocenters. The molecule has 0 fully saturated rings. The molecule has 0 saturated carbocycles. The Morgan fingerprint density at radius 1 is 0.914 bits per heavy atom. The fourth-order valence-corrected chi connectivity index (χ4v) is 3.62. The van der Waals surface area contributed by atoms with Crippen molar-refractivity contribution in [2.24, 2.45) is 5.10 Å². The molecule has 4 aromatic rings. The van der Waals surface area contributed by atoms with Crippen molar-refractivity contribution < 1.29 is 9.59 Å². The van der Waals surface area contributed by atoms with E-state index in [0.717, 1.165) is 5.56 Å². The van der Waals surface area contributed by atoms with Gasteiger partial charge in [-0.2, -0.15) is 10.2 Å². The van der Waals surface area contributed by atoms with Gasteiger partial charge in [0, 0.05) is 10.9 Å². The third kappa shape index (κ3) is 5.50. The first-order chi connectivity index (χ1) is 16.9. The molecular weight excluding hydrogens is 442 g/mol. The van der Waals surface area contributed by atoms with E-state index >= 15 is 0 Å². The average molecular weight is 468 g/mol. The van der Waals surface area contributed by atoms with E-state index in [1.807, 2.05) is 24.3 Å². The Morgan fingerprint density at radius 3 is 2.26 bits per heavy atom. The molecule has 4 rings (SSSR count). The summed E-state index contributed by atoms with van der Waals surface area (Å²) in [6.07, 6.45) is 1.52. The molecule has 1 aromatic heterocycles. The fourth-order valence-electron chi connectivity index (χ4n) is 3.62. The first-order valence-corrected chi connectivity index (χ1v) is 11.2. The number of amides is 2. The maximum Gasteiger partial charge on any atom is 0.272 e. The number of rotatable bonds is 7. The van der Waals surface area contributed by atoms with Crippen molar-refractivity contribution in [3.05, 3.63) is 112 Å². The minimum atomic E-state index is -1.20. The van der Waals surface area contributed by atoms with Gasteiger partial charge >= 0.3 is 0 Å². The molecule has 0 spiro atoms. The van der Waals surface area contributed by atoms with Gasteiger partial charge in [0.15, 0.2) is 6.04 Å². The second kappa shape index (κ2) is 10.6. The largest absolute Gasteiger partial charge is 0.335 e. The van der Waals surface area contributed by atoms with Gasteiger partial charge in [-0.25, -0.2) is 10.5 Å². The Hall–Kier alpha value is -4.59. The zero-order valence-electron chi connectivity index (χ0n) is 19.4. The molecule has 1 unspecified atom stereocenters. The van der Waals surface area contributed by atoms with E-state index in [-0.39, 0.29) is 11.3 Å². The summed E-state index contributed by atoms with van der Waals surface area (Å²) in [5.74, 6) is -0.653. The number of H-pyrrole nitrogens is 1. The van der Waals surface area contributed by atoms with Crippen molar-refractivity contribution >= 4 is 28.8 Å². The molecule has 0 aliphatic rings. The number of aromatic nitrogens is 2. The lowest BCUT2D eigenvalue weighted by Gasteiger charge is -2.18. The molecule has 1 heterocycles. The number of carbonyl (C=O) groups excluding carboxylic acids is 2. The van der Waals surface area contributed by atoms with Crippen LogP contribution in [0.25, 0.3) is 10.8 Å². The Bertz CT molecular complexity index is 1430. The summed E-state index contributed by atoms with van der Waals surface area (Å²) in [5.41, 5.74) is 4.70. The van der Waals surface area contributed by atoms with Crippen LogP contribution in [0.5, 0.6) is 0 Å². The monoisotopic (exact) mass is 467 g/mol. The van der Waals surface area contributed by atoms with Crippen LogP contribution >= 0.6 is 0 Å². The molecule has 0 radical (unpaired) electrons. The summed E-state index contributed by atoms with van der Waals surface area (Å²) in [5, 5.41) is 14.1. The van der Waals surface area contributed by atoms with Crippen LogP contribution in [0.2, 0.25) is 0 Å². The number of nitrogens with one attached hydrogen (secondary N) is 3. The minimum absolute atomic E-state index is 0.207. The van der Waals surface area contributed by atoms with Gasteiger partial charge in [0.1, 0.15) is 5.69 Å². The standard InChI is InChI=1S/C27H25N5O3/c1-17(2)19-14-12-18(13-15-19)16-28-31-27(35)24(29-25(33)20-8-4-3-5-9-20)23-21-10-6-7-11-22(21)26(34)32-30-23/h3-17,24H,1-2H3,(H,29,33)(H,31,35)(H,32,34)/b28-16+. The van der Waals surface area contributed by atoms with Crippen molar-refractivity contribution in [1.29, 1.82) is 0 Å². The zero-order chi connectivity index (χ0) is 24.8. The van der Waals surface area contributed by atoms with Crippen LogP contribution in [0.3, 0.4) is 0 Å². The summed E-state index contributed by atoms with van der Waals surface area (Å²) >= 11 is 0. The average Bonchev–Trinajstić information content (AvgIpc) is 2.88. The Balaban J connectivity index is 1.62. The van der Waals surface area contributed by atoms with Crippen molar-refractivity contribution in [3.63, 3.8) is 0 Å². The number of hydrazone groups is 1. The van der Waals surface area contributed by atoms with Crippen LogP contribution in [0.4, 0.5) is 0 Å². The summed E-state index contributed by atoms with van der Waals surface area (Å²) in [4.78, 5) is 38.3. The predicted molar refractivity (Wildman–Crippen MR) is 135 cm³/mol. The second-order valence-electron chi connectivity index (χ2n) is 8.31. The maximum absolute atomic E-state index is 13.2. The van der Waals surface area contributed by atoms with Gasteiger partial charge in [0.25, 0.3) is 17.4 Å². The van der Waals surface area contributed by atoms with Crippen LogP contribution in [0, 0.1) is 0 Å². The highest BCUT2D eigenvalue weighted by molar-refractivity contribution is 5.99. The van der Waals surface area contributed by atoms with Gasteiger partial charge in [-0.15, -0.1) is 0 Å². The van der Waals surface area contributed by atoms with E-state index in [1.54, 1.807) is 54.6 Å². The molecular formula is C27H25N5O3. The normalized spacial score (nSPS) is 12.1. The second-order valence-corrected chi connectivity index (χ2v) is 8.31. The lowest BCUT2D eigenvalue weighted by atomic mass is 10.0. The maximum atomic E-state index is 13.2. The summed E-state index contributed by atoms with van der Waals surface area (Å²) in [6.45, 7) is 4.23. The van der Waals surface area contributed by atoms with E-state index in [9.17, 15) is 14.4 Å². The van der Waals surface area contributed by atoms with Gasteiger partial charge in [0.2, 0.25) is 0 Å². The number of carbonyl (C=O) groups is 2. The Labute approximate surface area is 202 Å². The highest BCUT2D eigenvalue weighted by atomic mass is 16.2. The smallest absolute Gasteiger partial charge is 0.272 e. The highest BCUT2D eigenvalue weighted by Gasteiger charge is 2.27. The van der Waals surface area contributed by atoms with Crippen LogP contribution in [0.1, 0.15) is 53.0 Å². The number of fused-ring (bicyclic) bond motifs is 1. The van der Waals surface area contributed by atoms with Gasteiger partial charge in [-0.1, -0.05) is 74.5 Å². The number of hydrogen-bond acceptors (Lipinski definition) is 5. The number of nitrogens with zero attached hydrogens (tertiary/aromatic N) is 2. The molecule has 176 valence electrons. The van der Waals surface area contributed by atoms with E-state index in [1.165, 1.54) is 11.8 Å². The van der Waals surface area contributed by atoms with Crippen LogP contribution in [-0.4, -0.2) is 28.2 Å². The molecule has 0 aliphatic carbocycles. The molecule has 3 N–H and O–H groups in total. The van der Waals surface area contributed by atoms with Crippen LogP contribution < -0.4 is 16.3 Å². The van der Waals surface area contributed by atoms with Gasteiger partial charge in [-0.3, -0.25) is 14.4 Å². The zero-order valence-corrected chi connectivity index (χ0v) is 19.4. The third-order valence-corrected chi connectivity index (χ3v) is 5.56. The lowest BCUT2D eigenvalue weighted by molar-refractivity contribution is -0.123. The Morgan fingerprint density at radius 2 is 1.57 bits per heavy atom. The molecule has 0 aliphatic heterocycles. The van der Waals surface area contributed by atoms with E-state index < -0.39 is 17.9 Å². The molecule has 8 nitrogen and oxygen atoms in total. The first-order valence-electron chi connectivity index (χ1n) is 11.2. The fraction of sp³-hybridized carbons (Fsp3) is 0.148. The quantitative estimate of drug-likeness (QED) is 0.284. The number of hydrogen-bond donors (Lipinski definition) is 3. The first kappa shape index (κ1) is 23.6. The number of benzene rings is 3. The van der Waals surface area contributed by atoms with Gasteiger partial charge in [0.05, 0.1) is 11.6 Å². The third-order valence-electron chi connectivity index (χ3n) is 5.56. The predicted octanol–water partition coefficient (Wildman–Crippen LogP) is 3.67. The van der Waals surface area contributed by atoms with Gasteiger partial charge in [-0.05, 0) is 35.2 Å². The molecule has 8 heteroatoms. The Kier molecular flexibility index (Phi) is 7.11.